The van der Waals surface area contributed by atoms with Crippen LogP contribution in [0.4, 0.5) is 0 Å². The van der Waals surface area contributed by atoms with Crippen molar-refractivity contribution in [3.05, 3.63) is 77.5 Å². The monoisotopic (exact) mass is 363 g/mol. The molecular weight excluding hydrogens is 342 g/mol. The molecule has 0 aliphatic carbocycles. The highest BCUT2D eigenvalue weighted by atomic mass is 16.5. The van der Waals surface area contributed by atoms with Crippen molar-refractivity contribution in [1.29, 1.82) is 0 Å². The molecule has 1 N–H and O–H groups in total. The summed E-state index contributed by atoms with van der Waals surface area (Å²) in [6, 6.07) is 19.4. The van der Waals surface area contributed by atoms with Gasteiger partial charge in [-0.2, -0.15) is 5.10 Å². The number of carbonyl (C=O) groups is 1. The van der Waals surface area contributed by atoms with Crippen LogP contribution in [0.5, 0.6) is 11.6 Å². The predicted octanol–water partition coefficient (Wildman–Crippen LogP) is 3.17. The van der Waals surface area contributed by atoms with Crippen molar-refractivity contribution in [3.63, 3.8) is 0 Å². The van der Waals surface area contributed by atoms with E-state index >= 15 is 0 Å². The number of nitrogens with one attached hydrogen (secondary N) is 1. The van der Waals surface area contributed by atoms with Crippen molar-refractivity contribution < 1.29 is 14.3 Å². The number of aromatic nitrogens is 2. The maximum atomic E-state index is 12.3. The molecule has 0 atom stereocenters. The van der Waals surface area contributed by atoms with Gasteiger partial charge in [0.25, 0.3) is 5.91 Å². The van der Waals surface area contributed by atoms with Crippen molar-refractivity contribution in [2.45, 2.75) is 26.1 Å². The molecule has 2 heterocycles. The van der Waals surface area contributed by atoms with E-state index in [0.29, 0.717) is 31.3 Å². The second-order valence-corrected chi connectivity index (χ2v) is 6.39. The van der Waals surface area contributed by atoms with Crippen LogP contribution in [0.2, 0.25) is 0 Å². The Morgan fingerprint density at radius 1 is 1.11 bits per heavy atom. The quantitative estimate of drug-likeness (QED) is 0.731. The van der Waals surface area contributed by atoms with Gasteiger partial charge in [-0.1, -0.05) is 42.5 Å². The zero-order valence-electron chi connectivity index (χ0n) is 14.9. The first-order valence-corrected chi connectivity index (χ1v) is 9.02. The molecule has 0 radical (unpaired) electrons. The number of ether oxygens (including phenoxy) is 2. The molecule has 4 rings (SSSR count). The lowest BCUT2D eigenvalue weighted by molar-refractivity contribution is 0.0945. The summed E-state index contributed by atoms with van der Waals surface area (Å²) in [6.07, 6.45) is 0.911. The zero-order chi connectivity index (χ0) is 18.5. The molecule has 27 heavy (non-hydrogen) atoms. The Morgan fingerprint density at radius 3 is 2.70 bits per heavy atom. The normalized spacial score (nSPS) is 12.7. The van der Waals surface area contributed by atoms with E-state index in [4.69, 9.17) is 9.47 Å². The smallest absolute Gasteiger partial charge is 0.272 e. The van der Waals surface area contributed by atoms with Crippen molar-refractivity contribution in [2.75, 3.05) is 6.61 Å². The van der Waals surface area contributed by atoms with Gasteiger partial charge in [-0.05, 0) is 23.3 Å². The molecule has 1 aromatic heterocycles. The van der Waals surface area contributed by atoms with Gasteiger partial charge in [-0.25, -0.2) is 4.68 Å². The summed E-state index contributed by atoms with van der Waals surface area (Å²) in [6.45, 7) is 2.42. The van der Waals surface area contributed by atoms with Crippen LogP contribution in [0.25, 0.3) is 0 Å². The largest absolute Gasteiger partial charge is 0.489 e. The van der Waals surface area contributed by atoms with Crippen LogP contribution >= 0.6 is 0 Å². The maximum absolute atomic E-state index is 12.3. The molecule has 6 nitrogen and oxygen atoms in total. The first-order valence-electron chi connectivity index (χ1n) is 9.02. The van der Waals surface area contributed by atoms with Gasteiger partial charge in [-0.15, -0.1) is 0 Å². The minimum atomic E-state index is -0.204. The van der Waals surface area contributed by atoms with E-state index in [1.807, 2.05) is 54.6 Å². The van der Waals surface area contributed by atoms with Crippen LogP contribution in [0.1, 0.15) is 28.0 Å². The van der Waals surface area contributed by atoms with E-state index in [2.05, 4.69) is 10.4 Å². The van der Waals surface area contributed by atoms with Gasteiger partial charge in [0.1, 0.15) is 12.4 Å². The number of benzene rings is 2. The molecule has 0 saturated heterocycles. The van der Waals surface area contributed by atoms with Crippen LogP contribution in [-0.2, 0) is 19.7 Å². The number of rotatable bonds is 6. The van der Waals surface area contributed by atoms with Crippen molar-refractivity contribution in [2.24, 2.45) is 0 Å². The molecule has 2 aromatic carbocycles. The first kappa shape index (κ1) is 17.1. The number of hydrogen-bond donors (Lipinski definition) is 1. The molecule has 1 aliphatic rings. The fourth-order valence-electron chi connectivity index (χ4n) is 2.90. The van der Waals surface area contributed by atoms with Crippen LogP contribution < -0.4 is 14.8 Å². The summed E-state index contributed by atoms with van der Waals surface area (Å²) >= 11 is 0. The van der Waals surface area contributed by atoms with Gasteiger partial charge < -0.3 is 14.8 Å². The Morgan fingerprint density at radius 2 is 1.93 bits per heavy atom. The SMILES string of the molecule is O=C(NCc1ccc(OCc2ccccc2)cc1)c1cc2n(n1)CCCO2. The summed E-state index contributed by atoms with van der Waals surface area (Å²) in [5.74, 6) is 1.25. The Balaban J connectivity index is 1.29. The van der Waals surface area contributed by atoms with Gasteiger partial charge in [0.15, 0.2) is 5.69 Å². The lowest BCUT2D eigenvalue weighted by atomic mass is 10.2. The molecule has 6 heteroatoms. The van der Waals surface area contributed by atoms with Crippen molar-refractivity contribution in [1.82, 2.24) is 15.1 Å². The minimum absolute atomic E-state index is 0.204. The highest BCUT2D eigenvalue weighted by Crippen LogP contribution is 2.18. The van der Waals surface area contributed by atoms with Crippen LogP contribution in [0.15, 0.2) is 60.7 Å². The molecule has 138 valence electrons. The molecule has 0 spiro atoms. The molecule has 0 fully saturated rings. The summed E-state index contributed by atoms with van der Waals surface area (Å²) in [5.41, 5.74) is 2.51. The van der Waals surface area contributed by atoms with Gasteiger partial charge in [0.2, 0.25) is 5.88 Å². The summed E-state index contributed by atoms with van der Waals surface area (Å²) in [4.78, 5) is 12.3. The zero-order valence-corrected chi connectivity index (χ0v) is 14.9. The molecule has 0 saturated carbocycles. The molecular formula is C21H21N3O3. The Labute approximate surface area is 157 Å². The molecule has 3 aromatic rings. The van der Waals surface area contributed by atoms with E-state index in [1.54, 1.807) is 10.7 Å². The van der Waals surface area contributed by atoms with Gasteiger partial charge >= 0.3 is 0 Å². The van der Waals surface area contributed by atoms with Crippen molar-refractivity contribution >= 4 is 5.91 Å². The summed E-state index contributed by atoms with van der Waals surface area (Å²) < 4.78 is 13.0. The number of nitrogens with zero attached hydrogens (tertiary/aromatic N) is 2. The second kappa shape index (κ2) is 7.95. The fraction of sp³-hybridized carbons (Fsp3) is 0.238. The number of hydrogen-bond acceptors (Lipinski definition) is 4. The van der Waals surface area contributed by atoms with Crippen molar-refractivity contribution in [3.8, 4) is 11.6 Å². The lowest BCUT2D eigenvalue weighted by Crippen LogP contribution is -2.23. The van der Waals surface area contributed by atoms with E-state index in [1.165, 1.54) is 0 Å². The van der Waals surface area contributed by atoms with Crippen LogP contribution in [0.3, 0.4) is 0 Å². The highest BCUT2D eigenvalue weighted by molar-refractivity contribution is 5.92. The fourth-order valence-corrected chi connectivity index (χ4v) is 2.90. The maximum Gasteiger partial charge on any atom is 0.272 e. The van der Waals surface area contributed by atoms with Crippen LogP contribution in [0, 0.1) is 0 Å². The van der Waals surface area contributed by atoms with Gasteiger partial charge in [-0.3, -0.25) is 4.79 Å². The molecule has 1 aliphatic heterocycles. The molecule has 0 unspecified atom stereocenters. The number of aryl methyl sites for hydroxylation is 1. The Bertz CT molecular complexity index is 881. The van der Waals surface area contributed by atoms with Gasteiger partial charge in [0, 0.05) is 25.6 Å². The molecule has 0 bridgehead atoms. The van der Waals surface area contributed by atoms with Crippen LogP contribution in [-0.4, -0.2) is 22.3 Å². The summed E-state index contributed by atoms with van der Waals surface area (Å²) in [5, 5.41) is 7.18. The number of amides is 1. The molecule has 1 amide bonds. The van der Waals surface area contributed by atoms with E-state index < -0.39 is 0 Å². The second-order valence-electron chi connectivity index (χ2n) is 6.39. The topological polar surface area (TPSA) is 65.4 Å². The minimum Gasteiger partial charge on any atom is -0.489 e. The Hall–Kier alpha value is -3.28. The average molecular weight is 363 g/mol. The number of carbonyl (C=O) groups excluding carboxylic acids is 1. The van der Waals surface area contributed by atoms with E-state index in [-0.39, 0.29) is 5.91 Å². The number of fused-ring (bicyclic) bond motifs is 1. The third-order valence-electron chi connectivity index (χ3n) is 4.36. The standard InChI is InChI=1S/C21H21N3O3/c25-21(19-13-20-24(23-19)11-4-12-26-20)22-14-16-7-9-18(10-8-16)27-15-17-5-2-1-3-6-17/h1-3,5-10,13H,4,11-12,14-15H2,(H,22,25). The first-order chi connectivity index (χ1) is 13.3. The lowest BCUT2D eigenvalue weighted by Gasteiger charge is -2.13. The third kappa shape index (κ3) is 4.28. The van der Waals surface area contributed by atoms with E-state index in [0.717, 1.165) is 29.8 Å². The average Bonchev–Trinajstić information content (AvgIpc) is 3.16. The Kier molecular flexibility index (Phi) is 5.05. The third-order valence-corrected chi connectivity index (χ3v) is 4.36. The van der Waals surface area contributed by atoms with Gasteiger partial charge in [0.05, 0.1) is 6.61 Å². The van der Waals surface area contributed by atoms with E-state index in [9.17, 15) is 4.79 Å². The highest BCUT2D eigenvalue weighted by Gasteiger charge is 2.17. The predicted molar refractivity (Wildman–Crippen MR) is 101 cm³/mol. The summed E-state index contributed by atoms with van der Waals surface area (Å²) in [7, 11) is 0.